The van der Waals surface area contributed by atoms with Crippen LogP contribution in [0.1, 0.15) is 69.2 Å². The SMILES string of the molecule is CCCCCCCCCC1SC(c2cccnc2)NC1=O. The van der Waals surface area contributed by atoms with Gasteiger partial charge in [-0.3, -0.25) is 9.78 Å². The van der Waals surface area contributed by atoms with Gasteiger partial charge in [-0.1, -0.05) is 57.9 Å². The van der Waals surface area contributed by atoms with E-state index < -0.39 is 0 Å². The molecule has 1 amide bonds. The summed E-state index contributed by atoms with van der Waals surface area (Å²) in [5.74, 6) is 0.194. The molecule has 1 aliphatic heterocycles. The summed E-state index contributed by atoms with van der Waals surface area (Å²) in [4.78, 5) is 16.1. The minimum atomic E-state index is 0.0840. The second-order valence-corrected chi connectivity index (χ2v) is 7.02. The van der Waals surface area contributed by atoms with Crippen LogP contribution in [-0.2, 0) is 4.79 Å². The molecule has 2 unspecified atom stereocenters. The maximum absolute atomic E-state index is 12.0. The lowest BCUT2D eigenvalue weighted by Crippen LogP contribution is -2.24. The minimum Gasteiger partial charge on any atom is -0.339 e. The first-order valence-electron chi connectivity index (χ1n) is 8.17. The van der Waals surface area contributed by atoms with E-state index >= 15 is 0 Å². The number of amides is 1. The van der Waals surface area contributed by atoms with Gasteiger partial charge in [-0.2, -0.15) is 0 Å². The third-order valence-corrected chi connectivity index (χ3v) is 5.36. The van der Waals surface area contributed by atoms with Crippen LogP contribution in [0.2, 0.25) is 0 Å². The highest BCUT2D eigenvalue weighted by Gasteiger charge is 2.32. The third-order valence-electron chi connectivity index (χ3n) is 3.92. The molecule has 0 aromatic carbocycles. The van der Waals surface area contributed by atoms with Crippen LogP contribution < -0.4 is 5.32 Å². The van der Waals surface area contributed by atoms with Crippen molar-refractivity contribution in [3.63, 3.8) is 0 Å². The molecule has 1 aromatic rings. The van der Waals surface area contributed by atoms with Gasteiger partial charge in [0.05, 0.1) is 5.25 Å². The predicted molar refractivity (Wildman–Crippen MR) is 89.1 cm³/mol. The number of nitrogens with one attached hydrogen (secondary N) is 1. The Labute approximate surface area is 132 Å². The number of pyridine rings is 1. The summed E-state index contributed by atoms with van der Waals surface area (Å²) < 4.78 is 0. The Kier molecular flexibility index (Phi) is 7.07. The van der Waals surface area contributed by atoms with Crippen LogP contribution >= 0.6 is 11.8 Å². The molecule has 0 spiro atoms. The van der Waals surface area contributed by atoms with Crippen molar-refractivity contribution in [2.24, 2.45) is 0 Å². The van der Waals surface area contributed by atoms with Crippen LogP contribution in [-0.4, -0.2) is 16.1 Å². The molecule has 3 nitrogen and oxygen atoms in total. The lowest BCUT2D eigenvalue weighted by Gasteiger charge is -2.09. The average Bonchev–Trinajstić information content (AvgIpc) is 2.88. The summed E-state index contributed by atoms with van der Waals surface area (Å²) >= 11 is 1.74. The Morgan fingerprint density at radius 3 is 2.67 bits per heavy atom. The van der Waals surface area contributed by atoms with Crippen molar-refractivity contribution in [3.8, 4) is 0 Å². The highest BCUT2D eigenvalue weighted by molar-refractivity contribution is 8.01. The number of nitrogens with zero attached hydrogens (tertiary/aromatic N) is 1. The second kappa shape index (κ2) is 9.08. The molecule has 0 bridgehead atoms. The molecule has 21 heavy (non-hydrogen) atoms. The molecule has 4 heteroatoms. The summed E-state index contributed by atoms with van der Waals surface area (Å²) in [6, 6.07) is 3.95. The molecule has 1 fully saturated rings. The summed E-state index contributed by atoms with van der Waals surface area (Å²) in [7, 11) is 0. The van der Waals surface area contributed by atoms with Crippen LogP contribution in [0.15, 0.2) is 24.5 Å². The molecule has 2 atom stereocenters. The van der Waals surface area contributed by atoms with E-state index in [1.54, 1.807) is 18.0 Å². The zero-order chi connectivity index (χ0) is 14.9. The Hall–Kier alpha value is -1.03. The number of carbonyl (C=O) groups excluding carboxylic acids is 1. The van der Waals surface area contributed by atoms with Gasteiger partial charge >= 0.3 is 0 Å². The highest BCUT2D eigenvalue weighted by atomic mass is 32.2. The minimum absolute atomic E-state index is 0.0840. The fraction of sp³-hybridized carbons (Fsp3) is 0.647. The normalized spacial score (nSPS) is 21.5. The molecule has 1 aromatic heterocycles. The maximum atomic E-state index is 12.0. The van der Waals surface area contributed by atoms with Gasteiger partial charge < -0.3 is 5.32 Å². The molecule has 1 N–H and O–H groups in total. The summed E-state index contributed by atoms with van der Waals surface area (Å²) in [5, 5.41) is 3.27. The first-order valence-corrected chi connectivity index (χ1v) is 9.11. The quantitative estimate of drug-likeness (QED) is 0.685. The monoisotopic (exact) mass is 306 g/mol. The van der Waals surface area contributed by atoms with E-state index in [2.05, 4.69) is 17.2 Å². The van der Waals surface area contributed by atoms with Gasteiger partial charge in [0.2, 0.25) is 5.91 Å². The predicted octanol–water partition coefficient (Wildman–Crippen LogP) is 4.45. The summed E-state index contributed by atoms with van der Waals surface area (Å²) in [6.07, 6.45) is 13.7. The number of rotatable bonds is 9. The highest BCUT2D eigenvalue weighted by Crippen LogP contribution is 2.37. The number of hydrogen-bond donors (Lipinski definition) is 1. The lowest BCUT2D eigenvalue weighted by molar-refractivity contribution is -0.120. The van der Waals surface area contributed by atoms with Crippen molar-refractivity contribution in [2.75, 3.05) is 0 Å². The van der Waals surface area contributed by atoms with Crippen LogP contribution in [0.4, 0.5) is 0 Å². The zero-order valence-electron chi connectivity index (χ0n) is 12.9. The number of unbranched alkanes of at least 4 members (excludes halogenated alkanes) is 6. The standard InChI is InChI=1S/C17H26N2OS/c1-2-3-4-5-6-7-8-11-15-16(20)19-17(21-15)14-10-9-12-18-13-14/h9-10,12-13,15,17H,2-8,11H2,1H3,(H,19,20). The Morgan fingerprint density at radius 1 is 1.19 bits per heavy atom. The van der Waals surface area contributed by atoms with E-state index in [1.807, 2.05) is 18.3 Å². The topological polar surface area (TPSA) is 42.0 Å². The maximum Gasteiger partial charge on any atom is 0.234 e. The number of hydrogen-bond acceptors (Lipinski definition) is 3. The van der Waals surface area contributed by atoms with E-state index in [-0.39, 0.29) is 16.5 Å². The first-order chi connectivity index (χ1) is 10.3. The van der Waals surface area contributed by atoms with Gasteiger partial charge in [-0.25, -0.2) is 0 Å². The molecule has 2 rings (SSSR count). The van der Waals surface area contributed by atoms with Crippen LogP contribution in [0, 0.1) is 0 Å². The van der Waals surface area contributed by atoms with Crippen LogP contribution in [0.5, 0.6) is 0 Å². The molecule has 1 saturated heterocycles. The number of carbonyl (C=O) groups is 1. The Balaban J connectivity index is 1.65. The van der Waals surface area contributed by atoms with Gasteiger partial charge in [0.15, 0.2) is 0 Å². The largest absolute Gasteiger partial charge is 0.339 e. The fourth-order valence-corrected chi connectivity index (χ4v) is 3.96. The van der Waals surface area contributed by atoms with Crippen molar-refractivity contribution in [1.29, 1.82) is 0 Å². The second-order valence-electron chi connectivity index (χ2n) is 5.71. The molecule has 0 saturated carbocycles. The fourth-order valence-electron chi connectivity index (χ4n) is 2.66. The summed E-state index contributed by atoms with van der Waals surface area (Å²) in [6.45, 7) is 2.24. The van der Waals surface area contributed by atoms with E-state index in [0.717, 1.165) is 18.4 Å². The van der Waals surface area contributed by atoms with Gasteiger partial charge in [0.25, 0.3) is 0 Å². The van der Waals surface area contributed by atoms with E-state index in [4.69, 9.17) is 0 Å². The Morgan fingerprint density at radius 2 is 1.95 bits per heavy atom. The Bertz CT molecular complexity index is 424. The molecule has 1 aliphatic rings. The smallest absolute Gasteiger partial charge is 0.234 e. The summed E-state index contributed by atoms with van der Waals surface area (Å²) in [5.41, 5.74) is 1.10. The average molecular weight is 306 g/mol. The number of aromatic nitrogens is 1. The van der Waals surface area contributed by atoms with Gasteiger partial charge in [-0.15, -0.1) is 11.8 Å². The molecular weight excluding hydrogens is 280 g/mol. The molecule has 116 valence electrons. The van der Waals surface area contributed by atoms with Crippen molar-refractivity contribution in [3.05, 3.63) is 30.1 Å². The third kappa shape index (κ3) is 5.34. The molecular formula is C17H26N2OS. The lowest BCUT2D eigenvalue weighted by atomic mass is 10.1. The van der Waals surface area contributed by atoms with E-state index in [1.165, 1.54) is 38.5 Å². The van der Waals surface area contributed by atoms with E-state index in [0.29, 0.717) is 0 Å². The number of thioether (sulfide) groups is 1. The van der Waals surface area contributed by atoms with Gasteiger partial charge in [0.1, 0.15) is 5.37 Å². The van der Waals surface area contributed by atoms with Crippen molar-refractivity contribution < 1.29 is 4.79 Å². The van der Waals surface area contributed by atoms with Crippen molar-refractivity contribution in [1.82, 2.24) is 10.3 Å². The van der Waals surface area contributed by atoms with Gasteiger partial charge in [-0.05, 0) is 12.5 Å². The molecule has 2 heterocycles. The van der Waals surface area contributed by atoms with Crippen molar-refractivity contribution >= 4 is 17.7 Å². The first kappa shape index (κ1) is 16.3. The molecule has 0 aliphatic carbocycles. The van der Waals surface area contributed by atoms with Crippen LogP contribution in [0.3, 0.4) is 0 Å². The van der Waals surface area contributed by atoms with Crippen LogP contribution in [0.25, 0.3) is 0 Å². The van der Waals surface area contributed by atoms with Gasteiger partial charge in [0, 0.05) is 18.0 Å². The zero-order valence-corrected chi connectivity index (χ0v) is 13.7. The molecule has 0 radical (unpaired) electrons. The van der Waals surface area contributed by atoms with Crippen molar-refractivity contribution in [2.45, 2.75) is 68.9 Å². The van der Waals surface area contributed by atoms with E-state index in [9.17, 15) is 4.79 Å².